The zero-order valence-electron chi connectivity index (χ0n) is 22.1. The number of amides is 1. The first-order valence-electron chi connectivity index (χ1n) is 12.0. The number of ether oxygens (including phenoxy) is 3. The van der Waals surface area contributed by atoms with E-state index in [1.165, 1.54) is 16.8 Å². The number of nitrogens with zero attached hydrogens (tertiary/aromatic N) is 3. The van der Waals surface area contributed by atoms with Crippen molar-refractivity contribution in [1.29, 1.82) is 0 Å². The van der Waals surface area contributed by atoms with Crippen molar-refractivity contribution >= 4 is 23.5 Å². The lowest BCUT2D eigenvalue weighted by atomic mass is 9.98. The maximum Gasteiger partial charge on any atom is 0.407 e. The van der Waals surface area contributed by atoms with E-state index in [4.69, 9.17) is 14.2 Å². The van der Waals surface area contributed by atoms with Gasteiger partial charge in [-0.1, -0.05) is 6.58 Å². The van der Waals surface area contributed by atoms with Crippen molar-refractivity contribution in [3.05, 3.63) is 59.9 Å². The van der Waals surface area contributed by atoms with Crippen LogP contribution in [0.3, 0.4) is 0 Å². The van der Waals surface area contributed by atoms with Crippen LogP contribution in [0.4, 0.5) is 15.0 Å². The van der Waals surface area contributed by atoms with Gasteiger partial charge in [-0.25, -0.2) is 23.5 Å². The molecule has 2 N–H and O–H groups in total. The number of esters is 1. The van der Waals surface area contributed by atoms with Crippen LogP contribution in [0.2, 0.25) is 0 Å². The lowest BCUT2D eigenvalue weighted by Crippen LogP contribution is -2.42. The predicted octanol–water partition coefficient (Wildman–Crippen LogP) is 4.70. The van der Waals surface area contributed by atoms with Crippen molar-refractivity contribution in [2.75, 3.05) is 18.5 Å². The Morgan fingerprint density at radius 3 is 2.78 bits per heavy atom. The van der Waals surface area contributed by atoms with Crippen molar-refractivity contribution in [1.82, 2.24) is 19.9 Å². The van der Waals surface area contributed by atoms with Crippen molar-refractivity contribution in [3.63, 3.8) is 0 Å². The number of carbonyl (C=O) groups excluding carboxylic acids is 2. The molecule has 1 unspecified atom stereocenters. The number of nitrogens with one attached hydrogen (secondary N) is 2. The van der Waals surface area contributed by atoms with E-state index in [1.54, 1.807) is 46.0 Å². The minimum atomic E-state index is -0.812. The smallest absolute Gasteiger partial charge is 0.407 e. The lowest BCUT2D eigenvalue weighted by molar-refractivity contribution is 0.0330. The fourth-order valence-corrected chi connectivity index (χ4v) is 3.79. The maximum atomic E-state index is 13.7. The van der Waals surface area contributed by atoms with Gasteiger partial charge in [-0.3, -0.25) is 0 Å². The van der Waals surface area contributed by atoms with E-state index in [0.717, 1.165) is 0 Å². The van der Waals surface area contributed by atoms with Gasteiger partial charge >= 0.3 is 12.1 Å². The van der Waals surface area contributed by atoms with E-state index in [2.05, 4.69) is 27.3 Å². The number of hydrogen-bond donors (Lipinski definition) is 2. The lowest BCUT2D eigenvalue weighted by Gasteiger charge is -2.25. The standard InChI is InChI=1S/C26H34FN5O5/c1-8-35-23(33)19-14-29-32-10-9-21(31-22(19)32)30-17(3)12-20-18(11-16(2)27)13-26(7,36-20)15-28-24(34)37-25(4,5)6/h9-12,14,17H,2,8,13,15H2,1,3-7H3,(H,28,34)(H,30,31)/b18-11-,20-12-/t17-,26?/m1/s1. The van der Waals surface area contributed by atoms with Crippen LogP contribution in [0.15, 0.2) is 54.4 Å². The van der Waals surface area contributed by atoms with Crippen molar-refractivity contribution in [3.8, 4) is 0 Å². The monoisotopic (exact) mass is 515 g/mol. The van der Waals surface area contributed by atoms with Gasteiger partial charge < -0.3 is 24.8 Å². The second-order valence-electron chi connectivity index (χ2n) is 10.0. The summed E-state index contributed by atoms with van der Waals surface area (Å²) in [6.45, 7) is 14.5. The molecule has 0 aromatic carbocycles. The van der Waals surface area contributed by atoms with E-state index in [0.29, 0.717) is 29.2 Å². The van der Waals surface area contributed by atoms with Crippen LogP contribution in [0.5, 0.6) is 0 Å². The summed E-state index contributed by atoms with van der Waals surface area (Å²) in [5.74, 6) is -0.147. The summed E-state index contributed by atoms with van der Waals surface area (Å²) >= 11 is 0. The molecule has 2 aromatic heterocycles. The van der Waals surface area contributed by atoms with Crippen LogP contribution in [-0.2, 0) is 14.2 Å². The average molecular weight is 516 g/mol. The Labute approximate surface area is 215 Å². The number of rotatable bonds is 8. The first kappa shape index (κ1) is 27.7. The van der Waals surface area contributed by atoms with Gasteiger partial charge in [0.2, 0.25) is 0 Å². The fraction of sp³-hybridized carbons (Fsp3) is 0.462. The van der Waals surface area contributed by atoms with Crippen LogP contribution in [0.1, 0.15) is 58.3 Å². The summed E-state index contributed by atoms with van der Waals surface area (Å²) in [5, 5.41) is 10.1. The number of fused-ring (bicyclic) bond motifs is 1. The first-order chi connectivity index (χ1) is 17.3. The molecule has 0 saturated carbocycles. The summed E-state index contributed by atoms with van der Waals surface area (Å²) in [4.78, 5) is 28.8. The van der Waals surface area contributed by atoms with E-state index in [9.17, 15) is 14.0 Å². The van der Waals surface area contributed by atoms with Gasteiger partial charge in [0.25, 0.3) is 0 Å². The van der Waals surface area contributed by atoms with E-state index in [1.807, 2.05) is 13.8 Å². The molecule has 1 amide bonds. The number of carbonyl (C=O) groups is 2. The molecule has 1 fully saturated rings. The first-order valence-corrected chi connectivity index (χ1v) is 12.0. The Morgan fingerprint density at radius 2 is 2.14 bits per heavy atom. The number of alkyl carbamates (subject to hydrolysis) is 1. The average Bonchev–Trinajstić information content (AvgIpc) is 3.32. The fourth-order valence-electron chi connectivity index (χ4n) is 3.79. The van der Waals surface area contributed by atoms with Crippen LogP contribution in [0, 0.1) is 0 Å². The molecule has 10 nitrogen and oxygen atoms in total. The number of aromatic nitrogens is 3. The summed E-state index contributed by atoms with van der Waals surface area (Å²) in [6.07, 6.45) is 6.00. The highest BCUT2D eigenvalue weighted by Gasteiger charge is 2.38. The van der Waals surface area contributed by atoms with Crippen molar-refractivity contribution < 1.29 is 28.2 Å². The Balaban J connectivity index is 1.76. The van der Waals surface area contributed by atoms with Crippen LogP contribution in [0.25, 0.3) is 5.65 Å². The molecule has 0 radical (unpaired) electrons. The van der Waals surface area contributed by atoms with Gasteiger partial charge in [-0.2, -0.15) is 5.10 Å². The minimum absolute atomic E-state index is 0.160. The largest absolute Gasteiger partial charge is 0.485 e. The summed E-state index contributed by atoms with van der Waals surface area (Å²) in [7, 11) is 0. The highest BCUT2D eigenvalue weighted by atomic mass is 19.1. The quantitative estimate of drug-likeness (QED) is 0.486. The molecule has 1 saturated heterocycles. The van der Waals surface area contributed by atoms with E-state index < -0.39 is 29.1 Å². The molecule has 11 heteroatoms. The maximum absolute atomic E-state index is 13.7. The highest BCUT2D eigenvalue weighted by Crippen LogP contribution is 2.38. The molecule has 2 atom stereocenters. The summed E-state index contributed by atoms with van der Waals surface area (Å²) in [5.41, 5.74) is -0.215. The molecule has 1 aliphatic rings. The second kappa shape index (κ2) is 11.0. The minimum Gasteiger partial charge on any atom is -0.485 e. The Hall–Kier alpha value is -3.89. The third-order valence-electron chi connectivity index (χ3n) is 5.22. The van der Waals surface area contributed by atoms with Crippen molar-refractivity contribution in [2.45, 2.75) is 65.2 Å². The number of anilines is 1. The zero-order valence-corrected chi connectivity index (χ0v) is 22.1. The highest BCUT2D eigenvalue weighted by molar-refractivity contribution is 5.95. The SMILES string of the molecule is C=C(F)/C=C1/CC(C)(CNC(=O)OC(C)(C)C)O/C1=C\[C@@H](C)Nc1ccn2ncc(C(=O)OCC)c2n1. The van der Waals surface area contributed by atoms with Crippen LogP contribution in [-0.4, -0.2) is 57.1 Å². The molecular weight excluding hydrogens is 481 g/mol. The second-order valence-corrected chi connectivity index (χ2v) is 10.0. The van der Waals surface area contributed by atoms with Gasteiger partial charge in [0.15, 0.2) is 5.65 Å². The third kappa shape index (κ3) is 7.55. The van der Waals surface area contributed by atoms with E-state index >= 15 is 0 Å². The molecule has 0 aliphatic carbocycles. The van der Waals surface area contributed by atoms with Crippen LogP contribution < -0.4 is 10.6 Å². The number of halogens is 1. The predicted molar refractivity (Wildman–Crippen MR) is 137 cm³/mol. The topological polar surface area (TPSA) is 116 Å². The van der Waals surface area contributed by atoms with Gasteiger partial charge in [0.1, 0.15) is 34.2 Å². The molecular formula is C26H34FN5O5. The normalized spacial score (nSPS) is 20.5. The Bertz CT molecular complexity index is 1250. The number of allylic oxidation sites excluding steroid dienone is 3. The molecule has 200 valence electrons. The number of hydrogen-bond acceptors (Lipinski definition) is 8. The van der Waals surface area contributed by atoms with Gasteiger partial charge in [0.05, 0.1) is 19.3 Å². The Kier molecular flexibility index (Phi) is 8.25. The van der Waals surface area contributed by atoms with Gasteiger partial charge in [0, 0.05) is 24.2 Å². The summed E-state index contributed by atoms with van der Waals surface area (Å²) < 4.78 is 31.7. The molecule has 3 heterocycles. The van der Waals surface area contributed by atoms with Crippen LogP contribution >= 0.6 is 0 Å². The molecule has 3 rings (SSSR count). The van der Waals surface area contributed by atoms with E-state index in [-0.39, 0.29) is 24.8 Å². The molecule has 0 bridgehead atoms. The van der Waals surface area contributed by atoms with Crippen molar-refractivity contribution in [2.24, 2.45) is 0 Å². The molecule has 1 aliphatic heterocycles. The Morgan fingerprint density at radius 1 is 1.41 bits per heavy atom. The van der Waals surface area contributed by atoms with Gasteiger partial charge in [-0.15, -0.1) is 0 Å². The summed E-state index contributed by atoms with van der Waals surface area (Å²) in [6, 6.07) is 1.42. The zero-order chi connectivity index (χ0) is 27.4. The molecule has 2 aromatic rings. The third-order valence-corrected chi connectivity index (χ3v) is 5.22. The van der Waals surface area contributed by atoms with Gasteiger partial charge in [-0.05, 0) is 59.8 Å². The molecule has 37 heavy (non-hydrogen) atoms. The molecule has 0 spiro atoms.